The average Bonchev–Trinajstić information content (AvgIpc) is 2.74. The molecule has 0 atom stereocenters. The van der Waals surface area contributed by atoms with E-state index in [0.29, 0.717) is 9.98 Å². The van der Waals surface area contributed by atoms with Crippen molar-refractivity contribution in [3.63, 3.8) is 0 Å². The SMILES string of the molecule is Cc1cc(=O)nc2scc(-c3ccc(Cl)cc3)n12. The molecule has 5 heteroatoms. The minimum absolute atomic E-state index is 0.197. The van der Waals surface area contributed by atoms with Gasteiger partial charge in [0.05, 0.1) is 5.69 Å². The lowest BCUT2D eigenvalue weighted by Gasteiger charge is -2.04. The van der Waals surface area contributed by atoms with Crippen LogP contribution in [0.4, 0.5) is 0 Å². The minimum Gasteiger partial charge on any atom is -0.289 e. The van der Waals surface area contributed by atoms with Crippen LogP contribution in [0.25, 0.3) is 16.2 Å². The summed E-state index contributed by atoms with van der Waals surface area (Å²) in [5, 5.41) is 2.71. The standard InChI is InChI=1S/C13H9ClN2OS/c1-8-6-12(17)15-13-16(8)11(7-18-13)9-2-4-10(14)5-3-9/h2-7H,1H3. The summed E-state index contributed by atoms with van der Waals surface area (Å²) in [5.74, 6) is 0. The molecule has 0 aliphatic heterocycles. The van der Waals surface area contributed by atoms with Crippen LogP contribution in [-0.4, -0.2) is 9.38 Å². The summed E-state index contributed by atoms with van der Waals surface area (Å²) in [4.78, 5) is 16.1. The molecule has 0 spiro atoms. The lowest BCUT2D eigenvalue weighted by molar-refractivity contribution is 1.05. The number of thiazole rings is 1. The van der Waals surface area contributed by atoms with Crippen molar-refractivity contribution in [1.82, 2.24) is 9.38 Å². The third-order valence-corrected chi connectivity index (χ3v) is 3.82. The molecule has 0 aliphatic carbocycles. The quantitative estimate of drug-likeness (QED) is 0.683. The van der Waals surface area contributed by atoms with Crippen molar-refractivity contribution in [1.29, 1.82) is 0 Å². The van der Waals surface area contributed by atoms with E-state index in [9.17, 15) is 4.79 Å². The monoisotopic (exact) mass is 276 g/mol. The van der Waals surface area contributed by atoms with E-state index in [4.69, 9.17) is 11.6 Å². The number of hydrogen-bond donors (Lipinski definition) is 0. The van der Waals surface area contributed by atoms with E-state index >= 15 is 0 Å². The van der Waals surface area contributed by atoms with Gasteiger partial charge in [0.2, 0.25) is 0 Å². The summed E-state index contributed by atoms with van der Waals surface area (Å²) in [6.45, 7) is 1.90. The molecule has 3 aromatic rings. The van der Waals surface area contributed by atoms with Gasteiger partial charge in [-0.3, -0.25) is 9.20 Å². The first kappa shape index (κ1) is 11.4. The maximum atomic E-state index is 11.4. The fourth-order valence-corrected chi connectivity index (χ4v) is 3.00. The number of aryl methyl sites for hydroxylation is 1. The number of rotatable bonds is 1. The molecular weight excluding hydrogens is 268 g/mol. The maximum absolute atomic E-state index is 11.4. The highest BCUT2D eigenvalue weighted by atomic mass is 35.5. The molecule has 0 N–H and O–H groups in total. The van der Waals surface area contributed by atoms with Crippen LogP contribution in [0, 0.1) is 6.92 Å². The minimum atomic E-state index is -0.197. The van der Waals surface area contributed by atoms with Gasteiger partial charge in [-0.2, -0.15) is 4.98 Å². The van der Waals surface area contributed by atoms with Crippen molar-refractivity contribution in [2.24, 2.45) is 0 Å². The zero-order valence-corrected chi connectivity index (χ0v) is 11.1. The highest BCUT2D eigenvalue weighted by Crippen LogP contribution is 2.26. The van der Waals surface area contributed by atoms with Crippen molar-refractivity contribution in [3.05, 3.63) is 56.8 Å². The number of halogens is 1. The Kier molecular flexibility index (Phi) is 2.69. The van der Waals surface area contributed by atoms with Crippen molar-refractivity contribution in [2.75, 3.05) is 0 Å². The number of aromatic nitrogens is 2. The van der Waals surface area contributed by atoms with Crippen molar-refractivity contribution >= 4 is 27.9 Å². The number of nitrogens with zero attached hydrogens (tertiary/aromatic N) is 2. The van der Waals surface area contributed by atoms with Gasteiger partial charge in [0.25, 0.3) is 5.56 Å². The van der Waals surface area contributed by atoms with Crippen LogP contribution in [0.3, 0.4) is 0 Å². The first-order chi connectivity index (χ1) is 8.65. The fourth-order valence-electron chi connectivity index (χ4n) is 1.92. The first-order valence-electron chi connectivity index (χ1n) is 5.39. The Morgan fingerprint density at radius 1 is 1.28 bits per heavy atom. The van der Waals surface area contributed by atoms with E-state index in [2.05, 4.69) is 4.98 Å². The Labute approximate surface area is 112 Å². The molecule has 0 saturated carbocycles. The summed E-state index contributed by atoms with van der Waals surface area (Å²) >= 11 is 7.35. The average molecular weight is 277 g/mol. The van der Waals surface area contributed by atoms with Crippen LogP contribution in [-0.2, 0) is 0 Å². The third-order valence-electron chi connectivity index (χ3n) is 2.74. The van der Waals surface area contributed by atoms with E-state index < -0.39 is 0 Å². The first-order valence-corrected chi connectivity index (χ1v) is 6.65. The van der Waals surface area contributed by atoms with E-state index in [1.165, 1.54) is 11.3 Å². The van der Waals surface area contributed by atoms with Crippen LogP contribution in [0.2, 0.25) is 5.02 Å². The van der Waals surface area contributed by atoms with Gasteiger partial charge in [0.1, 0.15) is 0 Å². The molecule has 1 aromatic carbocycles. The Morgan fingerprint density at radius 2 is 2.00 bits per heavy atom. The zero-order valence-electron chi connectivity index (χ0n) is 9.55. The van der Waals surface area contributed by atoms with Crippen LogP contribution in [0.1, 0.15) is 5.69 Å². The molecule has 0 aliphatic rings. The van der Waals surface area contributed by atoms with Gasteiger partial charge < -0.3 is 0 Å². The second-order valence-electron chi connectivity index (χ2n) is 3.98. The molecule has 3 nitrogen and oxygen atoms in total. The topological polar surface area (TPSA) is 34.4 Å². The second-order valence-corrected chi connectivity index (χ2v) is 5.25. The van der Waals surface area contributed by atoms with Crippen molar-refractivity contribution in [2.45, 2.75) is 6.92 Å². The largest absolute Gasteiger partial charge is 0.289 e. The molecule has 0 unspecified atom stereocenters. The summed E-state index contributed by atoms with van der Waals surface area (Å²) in [6, 6.07) is 9.17. The number of hydrogen-bond acceptors (Lipinski definition) is 3. The van der Waals surface area contributed by atoms with Gasteiger partial charge in [-0.15, -0.1) is 11.3 Å². The van der Waals surface area contributed by atoms with Crippen LogP contribution < -0.4 is 5.56 Å². The number of benzene rings is 1. The predicted molar refractivity (Wildman–Crippen MR) is 74.5 cm³/mol. The molecule has 0 radical (unpaired) electrons. The molecule has 90 valence electrons. The number of fused-ring (bicyclic) bond motifs is 1. The molecule has 2 aromatic heterocycles. The Hall–Kier alpha value is -1.65. The van der Waals surface area contributed by atoms with Crippen molar-refractivity contribution in [3.8, 4) is 11.3 Å². The molecule has 18 heavy (non-hydrogen) atoms. The van der Waals surface area contributed by atoms with Crippen LogP contribution in [0.5, 0.6) is 0 Å². The Morgan fingerprint density at radius 3 is 2.72 bits per heavy atom. The Balaban J connectivity index is 2.30. The molecule has 0 amide bonds. The molecular formula is C13H9ClN2OS. The zero-order chi connectivity index (χ0) is 12.7. The smallest absolute Gasteiger partial charge is 0.274 e. The molecule has 0 fully saturated rings. The highest BCUT2D eigenvalue weighted by Gasteiger charge is 2.09. The van der Waals surface area contributed by atoms with E-state index in [0.717, 1.165) is 17.0 Å². The lowest BCUT2D eigenvalue weighted by atomic mass is 10.2. The van der Waals surface area contributed by atoms with Crippen LogP contribution >= 0.6 is 22.9 Å². The maximum Gasteiger partial charge on any atom is 0.274 e. The normalized spacial score (nSPS) is 11.0. The second kappa shape index (κ2) is 4.23. The predicted octanol–water partition coefficient (Wildman–Crippen LogP) is 3.38. The van der Waals surface area contributed by atoms with Gasteiger partial charge >= 0.3 is 0 Å². The third kappa shape index (κ3) is 1.83. The van der Waals surface area contributed by atoms with Gasteiger partial charge in [-0.25, -0.2) is 0 Å². The van der Waals surface area contributed by atoms with Gasteiger partial charge in [0.15, 0.2) is 4.96 Å². The van der Waals surface area contributed by atoms with Crippen molar-refractivity contribution < 1.29 is 0 Å². The molecule has 2 heterocycles. The van der Waals surface area contributed by atoms with E-state index in [1.807, 2.05) is 41.0 Å². The molecule has 3 rings (SSSR count). The fraction of sp³-hybridized carbons (Fsp3) is 0.0769. The van der Waals surface area contributed by atoms with E-state index in [1.54, 1.807) is 6.07 Å². The van der Waals surface area contributed by atoms with Gasteiger partial charge in [0, 0.05) is 22.2 Å². The van der Waals surface area contributed by atoms with Crippen LogP contribution in [0.15, 0.2) is 40.5 Å². The summed E-state index contributed by atoms with van der Waals surface area (Å²) in [5.41, 5.74) is 2.77. The molecule has 0 saturated heterocycles. The summed E-state index contributed by atoms with van der Waals surface area (Å²) in [7, 11) is 0. The summed E-state index contributed by atoms with van der Waals surface area (Å²) < 4.78 is 1.98. The lowest BCUT2D eigenvalue weighted by Crippen LogP contribution is -2.08. The highest BCUT2D eigenvalue weighted by molar-refractivity contribution is 7.15. The molecule has 0 bridgehead atoms. The van der Waals surface area contributed by atoms with Gasteiger partial charge in [-0.1, -0.05) is 23.7 Å². The van der Waals surface area contributed by atoms with E-state index in [-0.39, 0.29) is 5.56 Å². The van der Waals surface area contributed by atoms with Gasteiger partial charge in [-0.05, 0) is 24.6 Å². The summed E-state index contributed by atoms with van der Waals surface area (Å²) in [6.07, 6.45) is 0. The Bertz CT molecular complexity index is 774.